The lowest BCUT2D eigenvalue weighted by Gasteiger charge is -2.36. The maximum Gasteiger partial charge on any atom is 0.225 e. The van der Waals surface area contributed by atoms with Gasteiger partial charge in [-0.05, 0) is 67.4 Å². The zero-order chi connectivity index (χ0) is 29.8. The monoisotopic (exact) mass is 619 g/mol. The number of halogens is 2. The van der Waals surface area contributed by atoms with E-state index in [1.807, 2.05) is 65.7 Å². The molecule has 2 aliphatic rings. The highest BCUT2D eigenvalue weighted by Gasteiger charge is 2.57. The van der Waals surface area contributed by atoms with Gasteiger partial charge < -0.3 is 14.6 Å². The van der Waals surface area contributed by atoms with Crippen LogP contribution in [0.25, 0.3) is 10.9 Å². The number of fused-ring (bicyclic) bond motifs is 1. The number of unbranched alkanes of at least 4 members (excludes halogenated alkanes) is 1. The van der Waals surface area contributed by atoms with E-state index in [2.05, 4.69) is 9.88 Å². The van der Waals surface area contributed by atoms with Crippen LogP contribution in [-0.2, 0) is 20.9 Å². The number of ketones is 1. The Morgan fingerprint density at radius 1 is 1.05 bits per heavy atom. The van der Waals surface area contributed by atoms with Gasteiger partial charge in [0.15, 0.2) is 5.78 Å². The molecule has 0 radical (unpaired) electrons. The topological polar surface area (TPSA) is 65.6 Å². The standard InChI is InChI=1S/C34H35ClFN3O3S/c35-25-11-9-24(10-12-25)23-39-32(41)21-34(43-27-6-2-1-3-7-27,31(40)8-4-5-15-38-16-18-42-19-17-38)33(39)29-22-37-30-20-26(36)13-14-28(29)30/h1-3,6-7,9-14,20,22,33,37H,4-5,8,15-19,21,23H2/t33-,34+/m0/s1. The number of H-pyrrole nitrogens is 1. The summed E-state index contributed by atoms with van der Waals surface area (Å²) >= 11 is 7.64. The summed E-state index contributed by atoms with van der Waals surface area (Å²) in [5.41, 5.74) is 2.38. The number of nitrogens with zero attached hydrogens (tertiary/aromatic N) is 2. The van der Waals surface area contributed by atoms with E-state index in [0.717, 1.165) is 67.1 Å². The van der Waals surface area contributed by atoms with Gasteiger partial charge in [-0.2, -0.15) is 0 Å². The van der Waals surface area contributed by atoms with Gasteiger partial charge in [0, 0.05) is 58.6 Å². The lowest BCUT2D eigenvalue weighted by molar-refractivity contribution is -0.129. The number of aromatic nitrogens is 1. The number of rotatable bonds is 11. The Morgan fingerprint density at radius 2 is 1.81 bits per heavy atom. The van der Waals surface area contributed by atoms with Crippen molar-refractivity contribution < 1.29 is 18.7 Å². The zero-order valence-corrected chi connectivity index (χ0v) is 25.5. The summed E-state index contributed by atoms with van der Waals surface area (Å²) in [5.74, 6) is -0.360. The highest BCUT2D eigenvalue weighted by molar-refractivity contribution is 8.01. The van der Waals surface area contributed by atoms with Crippen LogP contribution in [0.2, 0.25) is 5.02 Å². The van der Waals surface area contributed by atoms with Crippen LogP contribution < -0.4 is 0 Å². The molecule has 2 aliphatic heterocycles. The van der Waals surface area contributed by atoms with Crippen molar-refractivity contribution in [3.05, 3.63) is 101 Å². The van der Waals surface area contributed by atoms with Crippen molar-refractivity contribution in [1.29, 1.82) is 0 Å². The van der Waals surface area contributed by atoms with Crippen LogP contribution in [0.3, 0.4) is 0 Å². The van der Waals surface area contributed by atoms with Gasteiger partial charge in [0.25, 0.3) is 0 Å². The Morgan fingerprint density at radius 3 is 2.58 bits per heavy atom. The summed E-state index contributed by atoms with van der Waals surface area (Å²) in [4.78, 5) is 37.0. The third-order valence-corrected chi connectivity index (χ3v) is 10.2. The number of hydrogen-bond donors (Lipinski definition) is 1. The van der Waals surface area contributed by atoms with E-state index in [9.17, 15) is 14.0 Å². The second kappa shape index (κ2) is 13.2. The van der Waals surface area contributed by atoms with Gasteiger partial charge >= 0.3 is 0 Å². The van der Waals surface area contributed by atoms with E-state index in [4.69, 9.17) is 16.3 Å². The van der Waals surface area contributed by atoms with E-state index in [-0.39, 0.29) is 23.9 Å². The molecule has 0 spiro atoms. The summed E-state index contributed by atoms with van der Waals surface area (Å²) < 4.78 is 18.6. The van der Waals surface area contributed by atoms with Gasteiger partial charge in [-0.1, -0.05) is 41.9 Å². The van der Waals surface area contributed by atoms with Crippen molar-refractivity contribution in [1.82, 2.24) is 14.8 Å². The predicted molar refractivity (Wildman–Crippen MR) is 169 cm³/mol. The Balaban J connectivity index is 1.38. The summed E-state index contributed by atoms with van der Waals surface area (Å²) in [6.07, 6.45) is 3.94. The quantitative estimate of drug-likeness (QED) is 0.183. The molecule has 224 valence electrons. The minimum atomic E-state index is -1.06. The number of morpholine rings is 1. The Hall–Kier alpha value is -3.17. The van der Waals surface area contributed by atoms with Crippen LogP contribution in [-0.4, -0.2) is 64.1 Å². The van der Waals surface area contributed by atoms with Gasteiger partial charge in [0.2, 0.25) is 5.91 Å². The Bertz CT molecular complexity index is 1580. The fourth-order valence-corrected chi connectivity index (χ4v) is 7.92. The number of thioether (sulfide) groups is 1. The van der Waals surface area contributed by atoms with Crippen molar-refractivity contribution in [3.63, 3.8) is 0 Å². The van der Waals surface area contributed by atoms with Crippen LogP contribution in [0.1, 0.15) is 42.9 Å². The Kier molecular flexibility index (Phi) is 9.19. The first-order valence-electron chi connectivity index (χ1n) is 14.8. The van der Waals surface area contributed by atoms with Crippen LogP contribution >= 0.6 is 23.4 Å². The van der Waals surface area contributed by atoms with Crippen molar-refractivity contribution in [2.45, 2.75) is 47.9 Å². The molecular formula is C34H35ClFN3O3S. The summed E-state index contributed by atoms with van der Waals surface area (Å²) in [6, 6.07) is 21.3. The second-order valence-corrected chi connectivity index (χ2v) is 13.1. The number of carbonyl (C=O) groups excluding carboxylic acids is 2. The van der Waals surface area contributed by atoms with Gasteiger partial charge in [-0.3, -0.25) is 14.5 Å². The third-order valence-electron chi connectivity index (χ3n) is 8.47. The first-order chi connectivity index (χ1) is 20.9. The van der Waals surface area contributed by atoms with Crippen LogP contribution in [0.15, 0.2) is 83.9 Å². The van der Waals surface area contributed by atoms with Crippen LogP contribution in [0.5, 0.6) is 0 Å². The van der Waals surface area contributed by atoms with Crippen molar-refractivity contribution in [2.24, 2.45) is 0 Å². The molecule has 2 saturated heterocycles. The lowest BCUT2D eigenvalue weighted by atomic mass is 9.86. The molecule has 9 heteroatoms. The number of amides is 1. The first-order valence-corrected chi connectivity index (χ1v) is 16.0. The second-order valence-electron chi connectivity index (χ2n) is 11.3. The summed E-state index contributed by atoms with van der Waals surface area (Å²) in [6.45, 7) is 4.58. The molecule has 6 nitrogen and oxygen atoms in total. The summed E-state index contributed by atoms with van der Waals surface area (Å²) in [5, 5.41) is 1.42. The SMILES string of the molecule is O=C1C[C@@](Sc2ccccc2)(C(=O)CCCCN2CCOCC2)[C@H](c2c[nH]c3cc(F)ccc23)N1Cc1ccc(Cl)cc1. The Labute approximate surface area is 260 Å². The fraction of sp³-hybridized carbons (Fsp3) is 0.353. The number of likely N-dealkylation sites (tertiary alicyclic amines) is 1. The van der Waals surface area contributed by atoms with E-state index < -0.39 is 10.8 Å². The number of aromatic amines is 1. The third kappa shape index (κ3) is 6.53. The van der Waals surface area contributed by atoms with Crippen LogP contribution in [0.4, 0.5) is 4.39 Å². The molecule has 43 heavy (non-hydrogen) atoms. The van der Waals surface area contributed by atoms with Gasteiger partial charge in [-0.25, -0.2) is 4.39 Å². The van der Waals surface area contributed by atoms with Gasteiger partial charge in [0.1, 0.15) is 10.6 Å². The normalized spacial score (nSPS) is 21.1. The van der Waals surface area contributed by atoms with Crippen molar-refractivity contribution in [3.8, 4) is 0 Å². The van der Waals surface area contributed by atoms with E-state index in [1.54, 1.807) is 6.07 Å². The van der Waals surface area contributed by atoms with E-state index in [0.29, 0.717) is 23.5 Å². The molecule has 0 saturated carbocycles. The zero-order valence-electron chi connectivity index (χ0n) is 23.9. The highest BCUT2D eigenvalue weighted by atomic mass is 35.5. The maximum atomic E-state index is 14.6. The first kappa shape index (κ1) is 29.9. The average Bonchev–Trinajstić information content (AvgIpc) is 3.54. The fourth-order valence-electron chi connectivity index (χ4n) is 6.31. The number of carbonyl (C=O) groups is 2. The number of nitrogens with one attached hydrogen (secondary N) is 1. The molecule has 1 N–H and O–H groups in total. The molecule has 0 bridgehead atoms. The van der Waals surface area contributed by atoms with Gasteiger partial charge in [0.05, 0.1) is 25.7 Å². The maximum absolute atomic E-state index is 14.6. The number of ether oxygens (including phenoxy) is 1. The highest BCUT2D eigenvalue weighted by Crippen LogP contribution is 2.55. The molecule has 2 fully saturated rings. The molecule has 1 amide bonds. The molecule has 0 aliphatic carbocycles. The predicted octanol–water partition coefficient (Wildman–Crippen LogP) is 7.04. The van der Waals surface area contributed by atoms with Crippen LogP contribution in [0, 0.1) is 5.82 Å². The number of hydrogen-bond acceptors (Lipinski definition) is 5. The molecule has 0 unspecified atom stereocenters. The molecule has 3 heterocycles. The molecule has 3 aromatic carbocycles. The molecule has 1 aromatic heterocycles. The largest absolute Gasteiger partial charge is 0.379 e. The lowest BCUT2D eigenvalue weighted by Crippen LogP contribution is -2.42. The summed E-state index contributed by atoms with van der Waals surface area (Å²) in [7, 11) is 0. The average molecular weight is 620 g/mol. The minimum absolute atomic E-state index is 0.0664. The number of benzene rings is 3. The molecule has 2 atom stereocenters. The minimum Gasteiger partial charge on any atom is -0.379 e. The molecular weight excluding hydrogens is 585 g/mol. The molecule has 4 aromatic rings. The number of Topliss-reactive ketones (excluding diaryl/α,β-unsaturated/α-hetero) is 1. The molecule has 6 rings (SSSR count). The van der Waals surface area contributed by atoms with Crippen molar-refractivity contribution >= 4 is 46.0 Å². The van der Waals surface area contributed by atoms with Gasteiger partial charge in [-0.15, -0.1) is 11.8 Å². The van der Waals surface area contributed by atoms with E-state index in [1.165, 1.54) is 23.9 Å². The smallest absolute Gasteiger partial charge is 0.225 e. The van der Waals surface area contributed by atoms with E-state index >= 15 is 0 Å². The van der Waals surface area contributed by atoms with Crippen molar-refractivity contribution in [2.75, 3.05) is 32.8 Å².